The van der Waals surface area contributed by atoms with E-state index in [2.05, 4.69) is 0 Å². The summed E-state index contributed by atoms with van der Waals surface area (Å²) < 4.78 is 5.34. The zero-order valence-electron chi connectivity index (χ0n) is 13.4. The number of hydrogen-bond acceptors (Lipinski definition) is 4. The lowest BCUT2D eigenvalue weighted by Gasteiger charge is -2.39. The minimum absolute atomic E-state index is 0.108. The van der Waals surface area contributed by atoms with Crippen molar-refractivity contribution < 1.29 is 14.3 Å². The van der Waals surface area contributed by atoms with Gasteiger partial charge in [0.1, 0.15) is 11.8 Å². The van der Waals surface area contributed by atoms with E-state index in [0.29, 0.717) is 34.4 Å². The summed E-state index contributed by atoms with van der Waals surface area (Å²) in [4.78, 5) is 29.3. The number of carbonyl (C=O) groups is 2. The van der Waals surface area contributed by atoms with E-state index in [1.54, 1.807) is 48.1 Å². The topological polar surface area (TPSA) is 49.9 Å². The van der Waals surface area contributed by atoms with Crippen LogP contribution in [0.25, 0.3) is 0 Å². The maximum absolute atomic E-state index is 12.8. The molecule has 0 radical (unpaired) electrons. The Balaban J connectivity index is 1.85. The fourth-order valence-electron chi connectivity index (χ4n) is 2.80. The van der Waals surface area contributed by atoms with Crippen LogP contribution in [0.4, 0.5) is 5.69 Å². The Hall–Kier alpha value is -2.05. The summed E-state index contributed by atoms with van der Waals surface area (Å²) in [5.41, 5.74) is 0.630. The maximum atomic E-state index is 12.8. The summed E-state index contributed by atoms with van der Waals surface area (Å²) in [6, 6.07) is 8.22. The number of anilines is 1. The number of amides is 2. The van der Waals surface area contributed by atoms with Crippen molar-refractivity contribution >= 4 is 40.4 Å². The van der Waals surface area contributed by atoms with Crippen LogP contribution in [0.3, 0.4) is 0 Å². The summed E-state index contributed by atoms with van der Waals surface area (Å²) in [7, 11) is 1.55. The predicted molar refractivity (Wildman–Crippen MR) is 95.2 cm³/mol. The molecule has 1 saturated heterocycles. The van der Waals surface area contributed by atoms with E-state index in [1.807, 2.05) is 11.4 Å². The smallest absolute Gasteiger partial charge is 0.264 e. The molecule has 1 aromatic carbocycles. The molecule has 1 aliphatic rings. The number of halogens is 1. The molecule has 1 fully saturated rings. The molecule has 3 rings (SSSR count). The maximum Gasteiger partial charge on any atom is 0.264 e. The highest BCUT2D eigenvalue weighted by atomic mass is 35.5. The van der Waals surface area contributed by atoms with Crippen LogP contribution in [0.1, 0.15) is 16.6 Å². The first kappa shape index (κ1) is 16.8. The third kappa shape index (κ3) is 2.99. The van der Waals surface area contributed by atoms with Crippen molar-refractivity contribution in [1.82, 2.24) is 4.90 Å². The molecule has 0 saturated carbocycles. The fraction of sp³-hybridized carbons (Fsp3) is 0.294. The van der Waals surface area contributed by atoms with Crippen LogP contribution in [0, 0.1) is 0 Å². The number of nitrogens with zero attached hydrogens (tertiary/aromatic N) is 2. The number of hydrogen-bond donors (Lipinski definition) is 0. The van der Waals surface area contributed by atoms with E-state index >= 15 is 0 Å². The molecule has 0 N–H and O–H groups in total. The molecular formula is C17H17ClN2O3S. The number of piperazine rings is 1. The van der Waals surface area contributed by atoms with Gasteiger partial charge in [0.25, 0.3) is 5.91 Å². The Labute approximate surface area is 149 Å². The number of ether oxygens (including phenoxy) is 1. The molecule has 1 atom stereocenters. The highest BCUT2D eigenvalue weighted by molar-refractivity contribution is 7.12. The Morgan fingerprint density at radius 2 is 2.12 bits per heavy atom. The lowest BCUT2D eigenvalue weighted by molar-refractivity contribution is -0.124. The van der Waals surface area contributed by atoms with Crippen molar-refractivity contribution in [3.8, 4) is 5.75 Å². The fourth-order valence-corrected chi connectivity index (χ4v) is 3.65. The molecule has 24 heavy (non-hydrogen) atoms. The number of benzene rings is 1. The summed E-state index contributed by atoms with van der Waals surface area (Å²) in [5, 5.41) is 2.38. The third-order valence-electron chi connectivity index (χ3n) is 4.08. The normalized spacial score (nSPS) is 18.0. The molecule has 2 aromatic rings. The van der Waals surface area contributed by atoms with Gasteiger partial charge in [0.05, 0.1) is 17.7 Å². The Morgan fingerprint density at radius 3 is 2.79 bits per heavy atom. The highest BCUT2D eigenvalue weighted by Gasteiger charge is 2.36. The van der Waals surface area contributed by atoms with Gasteiger partial charge in [0.2, 0.25) is 5.91 Å². The van der Waals surface area contributed by atoms with E-state index in [1.165, 1.54) is 11.3 Å². The molecule has 1 aliphatic heterocycles. The van der Waals surface area contributed by atoms with E-state index in [9.17, 15) is 9.59 Å². The van der Waals surface area contributed by atoms with Crippen molar-refractivity contribution in [1.29, 1.82) is 0 Å². The van der Waals surface area contributed by atoms with Gasteiger partial charge in [-0.15, -0.1) is 11.3 Å². The first-order valence-corrected chi connectivity index (χ1v) is 8.78. The lowest BCUT2D eigenvalue weighted by Crippen LogP contribution is -2.57. The number of carbonyl (C=O) groups excluding carboxylic acids is 2. The summed E-state index contributed by atoms with van der Waals surface area (Å²) in [6.45, 7) is 2.60. The van der Waals surface area contributed by atoms with Gasteiger partial charge in [-0.25, -0.2) is 0 Å². The molecule has 0 aliphatic carbocycles. The zero-order chi connectivity index (χ0) is 17.3. The Kier molecular flexibility index (Phi) is 4.78. The van der Waals surface area contributed by atoms with Crippen LogP contribution in [-0.2, 0) is 4.79 Å². The Morgan fingerprint density at radius 1 is 1.33 bits per heavy atom. The van der Waals surface area contributed by atoms with Crippen LogP contribution in [0.5, 0.6) is 5.75 Å². The minimum atomic E-state index is -0.544. The second kappa shape index (κ2) is 6.83. The predicted octanol–water partition coefficient (Wildman–Crippen LogP) is 3.29. The van der Waals surface area contributed by atoms with Gasteiger partial charge in [-0.2, -0.15) is 0 Å². The molecular weight excluding hydrogens is 348 g/mol. The van der Waals surface area contributed by atoms with Gasteiger partial charge >= 0.3 is 0 Å². The minimum Gasteiger partial charge on any atom is -0.495 e. The van der Waals surface area contributed by atoms with E-state index < -0.39 is 6.04 Å². The van der Waals surface area contributed by atoms with Crippen LogP contribution >= 0.6 is 22.9 Å². The zero-order valence-corrected chi connectivity index (χ0v) is 14.9. The summed E-state index contributed by atoms with van der Waals surface area (Å²) >= 11 is 7.45. The first-order valence-electron chi connectivity index (χ1n) is 7.52. The first-order chi connectivity index (χ1) is 11.5. The van der Waals surface area contributed by atoms with Crippen molar-refractivity contribution in [2.45, 2.75) is 13.0 Å². The van der Waals surface area contributed by atoms with Crippen molar-refractivity contribution in [3.05, 3.63) is 45.6 Å². The second-order valence-electron chi connectivity index (χ2n) is 5.46. The number of methoxy groups -OCH3 is 1. The van der Waals surface area contributed by atoms with Gasteiger partial charge in [0.15, 0.2) is 0 Å². The van der Waals surface area contributed by atoms with Crippen LogP contribution in [-0.4, -0.2) is 43.0 Å². The molecule has 0 bridgehead atoms. The molecule has 1 aromatic heterocycles. The van der Waals surface area contributed by atoms with Crippen LogP contribution in [0.2, 0.25) is 5.02 Å². The summed E-state index contributed by atoms with van der Waals surface area (Å²) in [5.74, 6) is 0.327. The van der Waals surface area contributed by atoms with Crippen LogP contribution < -0.4 is 9.64 Å². The molecule has 5 nitrogen and oxygen atoms in total. The Bertz CT molecular complexity index is 763. The average molecular weight is 365 g/mol. The molecule has 0 unspecified atom stereocenters. The van der Waals surface area contributed by atoms with Crippen molar-refractivity contribution in [2.75, 3.05) is 25.1 Å². The molecule has 0 spiro atoms. The largest absolute Gasteiger partial charge is 0.495 e. The van der Waals surface area contributed by atoms with Gasteiger partial charge < -0.3 is 14.5 Å². The summed E-state index contributed by atoms with van der Waals surface area (Å²) in [6.07, 6.45) is 0. The molecule has 2 heterocycles. The van der Waals surface area contributed by atoms with Crippen molar-refractivity contribution in [2.24, 2.45) is 0 Å². The van der Waals surface area contributed by atoms with E-state index in [-0.39, 0.29) is 11.8 Å². The van der Waals surface area contributed by atoms with Gasteiger partial charge in [-0.3, -0.25) is 9.59 Å². The SMILES string of the molecule is COc1ccc(Cl)cc1N1CCN(C(=O)c2cccs2)[C@H](C)C1=O. The second-order valence-corrected chi connectivity index (χ2v) is 6.84. The highest BCUT2D eigenvalue weighted by Crippen LogP contribution is 2.33. The number of rotatable bonds is 3. The monoisotopic (exact) mass is 364 g/mol. The van der Waals surface area contributed by atoms with E-state index in [4.69, 9.17) is 16.3 Å². The lowest BCUT2D eigenvalue weighted by atomic mass is 10.1. The van der Waals surface area contributed by atoms with Gasteiger partial charge in [0, 0.05) is 18.1 Å². The molecule has 126 valence electrons. The average Bonchev–Trinajstić information content (AvgIpc) is 3.11. The number of thiophene rings is 1. The quantitative estimate of drug-likeness (QED) is 0.839. The van der Waals surface area contributed by atoms with E-state index in [0.717, 1.165) is 0 Å². The standard InChI is InChI=1S/C17H17ClN2O3S/c1-11-16(21)20(13-10-12(18)5-6-14(13)23-2)8-7-19(11)17(22)15-4-3-9-24-15/h3-6,9-11H,7-8H2,1-2H3/t11-/m1/s1. The van der Waals surface area contributed by atoms with Gasteiger partial charge in [-0.1, -0.05) is 17.7 Å². The van der Waals surface area contributed by atoms with Crippen LogP contribution in [0.15, 0.2) is 35.7 Å². The third-order valence-corrected chi connectivity index (χ3v) is 5.17. The molecule has 2 amide bonds. The molecule has 7 heteroatoms. The van der Waals surface area contributed by atoms with Gasteiger partial charge in [-0.05, 0) is 36.6 Å². The van der Waals surface area contributed by atoms with Crippen molar-refractivity contribution in [3.63, 3.8) is 0 Å².